The van der Waals surface area contributed by atoms with Crippen molar-refractivity contribution in [1.82, 2.24) is 0 Å². The summed E-state index contributed by atoms with van der Waals surface area (Å²) >= 11 is 1.64. The van der Waals surface area contributed by atoms with Crippen LogP contribution in [-0.2, 0) is 0 Å². The fourth-order valence-electron chi connectivity index (χ4n) is 1.06. The molecule has 0 bridgehead atoms. The van der Waals surface area contributed by atoms with Gasteiger partial charge in [-0.1, -0.05) is 13.8 Å². The molecule has 0 saturated heterocycles. The molecular formula is C10H14N2O2S. The Morgan fingerprint density at radius 1 is 1.60 bits per heavy atom. The summed E-state index contributed by atoms with van der Waals surface area (Å²) in [4.78, 5) is 11.0. The van der Waals surface area contributed by atoms with E-state index in [1.165, 1.54) is 12.1 Å². The molecule has 5 heteroatoms. The van der Waals surface area contributed by atoms with Gasteiger partial charge in [-0.2, -0.15) is 0 Å². The molecular weight excluding hydrogens is 212 g/mol. The highest BCUT2D eigenvalue weighted by Crippen LogP contribution is 2.32. The van der Waals surface area contributed by atoms with Gasteiger partial charge in [-0.15, -0.1) is 11.8 Å². The number of nitro groups is 1. The summed E-state index contributed by atoms with van der Waals surface area (Å²) in [6.45, 7) is 4.20. The highest BCUT2D eigenvalue weighted by atomic mass is 32.2. The van der Waals surface area contributed by atoms with Crippen LogP contribution in [-0.4, -0.2) is 10.2 Å². The number of anilines is 1. The first kappa shape index (κ1) is 11.8. The van der Waals surface area contributed by atoms with Crippen LogP contribution < -0.4 is 5.73 Å². The Hall–Kier alpha value is -1.23. The fraction of sp³-hybridized carbons (Fsp3) is 0.400. The molecule has 0 heterocycles. The maximum absolute atomic E-state index is 10.5. The van der Waals surface area contributed by atoms with Gasteiger partial charge in [0.25, 0.3) is 5.69 Å². The number of nitro benzene ring substituents is 1. The SMILES string of the molecule is CCC(C)Sc1ccc([N+](=O)[O-])cc1N. The van der Waals surface area contributed by atoms with Crippen LogP contribution in [0.15, 0.2) is 23.1 Å². The van der Waals surface area contributed by atoms with Crippen molar-refractivity contribution in [3.8, 4) is 0 Å². The number of benzene rings is 1. The van der Waals surface area contributed by atoms with E-state index in [1.807, 2.05) is 0 Å². The zero-order chi connectivity index (χ0) is 11.4. The molecule has 1 aromatic rings. The second-order valence-corrected chi connectivity index (χ2v) is 4.80. The van der Waals surface area contributed by atoms with E-state index in [1.54, 1.807) is 17.8 Å². The van der Waals surface area contributed by atoms with Crippen LogP contribution in [0.2, 0.25) is 0 Å². The van der Waals surface area contributed by atoms with Crippen molar-refractivity contribution in [3.63, 3.8) is 0 Å². The van der Waals surface area contributed by atoms with Crippen molar-refractivity contribution in [1.29, 1.82) is 0 Å². The molecule has 0 aromatic heterocycles. The lowest BCUT2D eigenvalue weighted by Gasteiger charge is -2.09. The third kappa shape index (κ3) is 3.13. The van der Waals surface area contributed by atoms with Crippen molar-refractivity contribution in [2.75, 3.05) is 5.73 Å². The molecule has 4 nitrogen and oxygen atoms in total. The van der Waals surface area contributed by atoms with Gasteiger partial charge < -0.3 is 5.73 Å². The Labute approximate surface area is 93.0 Å². The van der Waals surface area contributed by atoms with Crippen molar-refractivity contribution in [3.05, 3.63) is 28.3 Å². The van der Waals surface area contributed by atoms with Crippen LogP contribution in [0.25, 0.3) is 0 Å². The number of hydrogen-bond acceptors (Lipinski definition) is 4. The maximum Gasteiger partial charge on any atom is 0.271 e. The third-order valence-electron chi connectivity index (χ3n) is 2.11. The summed E-state index contributed by atoms with van der Waals surface area (Å²) in [5.74, 6) is 0. The van der Waals surface area contributed by atoms with Crippen LogP contribution in [0.4, 0.5) is 11.4 Å². The molecule has 1 aromatic carbocycles. The summed E-state index contributed by atoms with van der Waals surface area (Å²) in [6.07, 6.45) is 1.04. The van der Waals surface area contributed by atoms with Crippen LogP contribution in [0, 0.1) is 10.1 Å². The number of thioether (sulfide) groups is 1. The van der Waals surface area contributed by atoms with E-state index in [-0.39, 0.29) is 5.69 Å². The Balaban J connectivity index is 2.88. The van der Waals surface area contributed by atoms with Gasteiger partial charge in [0.05, 0.1) is 10.6 Å². The first-order chi connectivity index (χ1) is 7.04. The standard InChI is InChI=1S/C10H14N2O2S/c1-3-7(2)15-10-5-4-8(12(13)14)6-9(10)11/h4-7H,3,11H2,1-2H3. The lowest BCUT2D eigenvalue weighted by molar-refractivity contribution is -0.384. The van der Waals surface area contributed by atoms with E-state index in [0.717, 1.165) is 11.3 Å². The van der Waals surface area contributed by atoms with Crippen LogP contribution in [0.1, 0.15) is 20.3 Å². The molecule has 1 unspecified atom stereocenters. The molecule has 0 fully saturated rings. The molecule has 0 spiro atoms. The van der Waals surface area contributed by atoms with Crippen LogP contribution >= 0.6 is 11.8 Å². The normalized spacial score (nSPS) is 12.4. The molecule has 0 aliphatic carbocycles. The molecule has 1 rings (SSSR count). The number of hydrogen-bond donors (Lipinski definition) is 1. The zero-order valence-electron chi connectivity index (χ0n) is 8.77. The minimum Gasteiger partial charge on any atom is -0.398 e. The fourth-order valence-corrected chi connectivity index (χ4v) is 2.00. The van der Waals surface area contributed by atoms with Gasteiger partial charge >= 0.3 is 0 Å². The first-order valence-corrected chi connectivity index (χ1v) is 5.63. The largest absolute Gasteiger partial charge is 0.398 e. The van der Waals surface area contributed by atoms with E-state index in [0.29, 0.717) is 10.9 Å². The smallest absolute Gasteiger partial charge is 0.271 e. The molecule has 82 valence electrons. The topological polar surface area (TPSA) is 69.2 Å². The average molecular weight is 226 g/mol. The van der Waals surface area contributed by atoms with Gasteiger partial charge in [0.1, 0.15) is 0 Å². The lowest BCUT2D eigenvalue weighted by Crippen LogP contribution is -1.97. The van der Waals surface area contributed by atoms with E-state index < -0.39 is 4.92 Å². The predicted molar refractivity (Wildman–Crippen MR) is 63.1 cm³/mol. The number of nitrogens with two attached hydrogens (primary N) is 1. The average Bonchev–Trinajstić information content (AvgIpc) is 2.20. The molecule has 0 amide bonds. The Kier molecular flexibility index (Phi) is 3.96. The van der Waals surface area contributed by atoms with Crippen molar-refractivity contribution < 1.29 is 4.92 Å². The highest BCUT2D eigenvalue weighted by molar-refractivity contribution is 8.00. The van der Waals surface area contributed by atoms with Crippen molar-refractivity contribution in [2.45, 2.75) is 30.4 Å². The van der Waals surface area contributed by atoms with Gasteiger partial charge in [0.15, 0.2) is 0 Å². The summed E-state index contributed by atoms with van der Waals surface area (Å²) < 4.78 is 0. The molecule has 1 atom stereocenters. The van der Waals surface area contributed by atoms with Gasteiger partial charge in [0, 0.05) is 22.3 Å². The third-order valence-corrected chi connectivity index (χ3v) is 3.47. The zero-order valence-corrected chi connectivity index (χ0v) is 9.58. The molecule has 0 saturated carbocycles. The second-order valence-electron chi connectivity index (χ2n) is 3.32. The number of non-ortho nitro benzene ring substituents is 1. The predicted octanol–water partition coefficient (Wildman–Crippen LogP) is 3.07. The number of nitrogen functional groups attached to an aromatic ring is 1. The van der Waals surface area contributed by atoms with E-state index in [2.05, 4.69) is 13.8 Å². The molecule has 2 N–H and O–H groups in total. The van der Waals surface area contributed by atoms with Gasteiger partial charge in [-0.3, -0.25) is 10.1 Å². The molecule has 0 radical (unpaired) electrons. The second kappa shape index (κ2) is 5.02. The van der Waals surface area contributed by atoms with Gasteiger partial charge in [0.2, 0.25) is 0 Å². The summed E-state index contributed by atoms with van der Waals surface area (Å²) in [6, 6.07) is 4.61. The minimum absolute atomic E-state index is 0.0426. The van der Waals surface area contributed by atoms with Crippen molar-refractivity contribution in [2.24, 2.45) is 0 Å². The van der Waals surface area contributed by atoms with Gasteiger partial charge in [-0.25, -0.2) is 0 Å². The van der Waals surface area contributed by atoms with Crippen molar-refractivity contribution >= 4 is 23.1 Å². The number of rotatable bonds is 4. The first-order valence-electron chi connectivity index (χ1n) is 4.75. The number of nitrogens with zero attached hydrogens (tertiary/aromatic N) is 1. The van der Waals surface area contributed by atoms with E-state index in [9.17, 15) is 10.1 Å². The monoisotopic (exact) mass is 226 g/mol. The molecule has 0 aliphatic heterocycles. The minimum atomic E-state index is -0.436. The van der Waals surface area contributed by atoms with Gasteiger partial charge in [-0.05, 0) is 12.5 Å². The quantitative estimate of drug-likeness (QED) is 0.371. The summed E-state index contributed by atoms with van der Waals surface area (Å²) in [5, 5.41) is 11.0. The molecule has 15 heavy (non-hydrogen) atoms. The summed E-state index contributed by atoms with van der Waals surface area (Å²) in [7, 11) is 0. The molecule has 0 aliphatic rings. The Morgan fingerprint density at radius 3 is 2.73 bits per heavy atom. The van der Waals surface area contributed by atoms with E-state index >= 15 is 0 Å². The van der Waals surface area contributed by atoms with E-state index in [4.69, 9.17) is 5.73 Å². The van der Waals surface area contributed by atoms with Crippen LogP contribution in [0.5, 0.6) is 0 Å². The highest BCUT2D eigenvalue weighted by Gasteiger charge is 2.10. The lowest BCUT2D eigenvalue weighted by atomic mass is 10.3. The maximum atomic E-state index is 10.5. The summed E-state index contributed by atoms with van der Waals surface area (Å²) in [5.41, 5.74) is 6.26. The van der Waals surface area contributed by atoms with Crippen LogP contribution in [0.3, 0.4) is 0 Å². The Bertz CT molecular complexity index is 368. The Morgan fingerprint density at radius 2 is 2.27 bits per heavy atom.